The molecule has 0 atom stereocenters. The number of benzene rings is 1. The van der Waals surface area contributed by atoms with Crippen LogP contribution in [0.5, 0.6) is 0 Å². The van der Waals surface area contributed by atoms with E-state index in [-0.39, 0.29) is 12.3 Å². The van der Waals surface area contributed by atoms with Gasteiger partial charge in [-0.3, -0.25) is 0 Å². The first-order valence-electron chi connectivity index (χ1n) is 6.35. The van der Waals surface area contributed by atoms with E-state index in [9.17, 15) is 4.79 Å². The predicted molar refractivity (Wildman–Crippen MR) is 78.2 cm³/mol. The van der Waals surface area contributed by atoms with Crippen molar-refractivity contribution in [3.05, 3.63) is 52.7 Å². The Morgan fingerprint density at radius 3 is 2.95 bits per heavy atom. The molecule has 0 spiro atoms. The Morgan fingerprint density at radius 1 is 1.29 bits per heavy atom. The van der Waals surface area contributed by atoms with Crippen LogP contribution in [-0.2, 0) is 22.7 Å². The van der Waals surface area contributed by atoms with Crippen LogP contribution in [0, 0.1) is 0 Å². The van der Waals surface area contributed by atoms with Crippen molar-refractivity contribution < 1.29 is 18.8 Å². The molecular formula is C15H13NO4S. The van der Waals surface area contributed by atoms with E-state index < -0.39 is 5.97 Å². The summed E-state index contributed by atoms with van der Waals surface area (Å²) in [6.07, 6.45) is 0. The van der Waals surface area contributed by atoms with Gasteiger partial charge in [0.25, 0.3) is 0 Å². The van der Waals surface area contributed by atoms with E-state index in [4.69, 9.17) is 9.26 Å². The van der Waals surface area contributed by atoms with Crippen LogP contribution in [0.4, 0.5) is 0 Å². The third kappa shape index (κ3) is 3.12. The lowest BCUT2D eigenvalue weighted by Gasteiger charge is -1.97. The SMILES string of the molecule is COC(=O)c1cc(COCc2cc3ccccc3s2)on1. The number of nitrogens with zero attached hydrogens (tertiary/aromatic N) is 1. The second-order valence-corrected chi connectivity index (χ2v) is 5.58. The van der Waals surface area contributed by atoms with Crippen molar-refractivity contribution in [1.82, 2.24) is 5.16 Å². The molecule has 3 aromatic rings. The van der Waals surface area contributed by atoms with Crippen LogP contribution in [0.25, 0.3) is 10.1 Å². The Bertz CT molecular complexity index is 729. The summed E-state index contributed by atoms with van der Waals surface area (Å²) >= 11 is 1.70. The van der Waals surface area contributed by atoms with Crippen LogP contribution >= 0.6 is 11.3 Å². The fraction of sp³-hybridized carbons (Fsp3) is 0.200. The molecule has 0 radical (unpaired) electrons. The number of ether oxygens (including phenoxy) is 2. The van der Waals surface area contributed by atoms with Gasteiger partial charge in [0, 0.05) is 15.6 Å². The van der Waals surface area contributed by atoms with Gasteiger partial charge in [0.1, 0.15) is 6.61 Å². The number of fused-ring (bicyclic) bond motifs is 1. The number of rotatable bonds is 5. The van der Waals surface area contributed by atoms with Crippen LogP contribution in [0.15, 0.2) is 40.9 Å². The Hall–Kier alpha value is -2.18. The molecule has 2 aromatic heterocycles. The van der Waals surface area contributed by atoms with Crippen molar-refractivity contribution in [2.45, 2.75) is 13.2 Å². The van der Waals surface area contributed by atoms with Crippen molar-refractivity contribution >= 4 is 27.4 Å². The Kier molecular flexibility index (Phi) is 3.98. The third-order valence-corrected chi connectivity index (χ3v) is 4.01. The van der Waals surface area contributed by atoms with Crippen LogP contribution in [0.2, 0.25) is 0 Å². The van der Waals surface area contributed by atoms with Crippen LogP contribution in [-0.4, -0.2) is 18.2 Å². The van der Waals surface area contributed by atoms with Gasteiger partial charge in [-0.05, 0) is 17.5 Å². The van der Waals surface area contributed by atoms with Crippen LogP contribution in [0.3, 0.4) is 0 Å². The van der Waals surface area contributed by atoms with Gasteiger partial charge in [0.15, 0.2) is 11.5 Å². The monoisotopic (exact) mass is 303 g/mol. The Labute approximate surface area is 125 Å². The second-order valence-electron chi connectivity index (χ2n) is 4.41. The molecule has 3 rings (SSSR count). The molecule has 0 saturated heterocycles. The molecule has 5 nitrogen and oxygen atoms in total. The normalized spacial score (nSPS) is 10.9. The third-order valence-electron chi connectivity index (χ3n) is 2.92. The highest BCUT2D eigenvalue weighted by molar-refractivity contribution is 7.19. The molecule has 108 valence electrons. The summed E-state index contributed by atoms with van der Waals surface area (Å²) < 4.78 is 16.4. The molecule has 0 N–H and O–H groups in total. The van der Waals surface area contributed by atoms with Crippen molar-refractivity contribution in [2.24, 2.45) is 0 Å². The maximum atomic E-state index is 11.2. The maximum absolute atomic E-state index is 11.2. The highest BCUT2D eigenvalue weighted by Crippen LogP contribution is 2.25. The molecule has 0 aliphatic rings. The first kappa shape index (κ1) is 13.8. The average Bonchev–Trinajstić information content (AvgIpc) is 3.12. The number of hydrogen-bond donors (Lipinski definition) is 0. The van der Waals surface area contributed by atoms with Crippen molar-refractivity contribution in [3.8, 4) is 0 Å². The number of methoxy groups -OCH3 is 1. The summed E-state index contributed by atoms with van der Waals surface area (Å²) in [6.45, 7) is 0.756. The van der Waals surface area contributed by atoms with E-state index in [2.05, 4.69) is 28.1 Å². The average molecular weight is 303 g/mol. The first-order chi connectivity index (χ1) is 10.3. The molecule has 21 heavy (non-hydrogen) atoms. The molecule has 0 amide bonds. The van der Waals surface area contributed by atoms with E-state index in [0.29, 0.717) is 12.4 Å². The quantitative estimate of drug-likeness (QED) is 0.676. The molecule has 0 aliphatic carbocycles. The van der Waals surface area contributed by atoms with Crippen LogP contribution in [0.1, 0.15) is 21.1 Å². The minimum atomic E-state index is -0.519. The molecule has 0 fully saturated rings. The molecular weight excluding hydrogens is 290 g/mol. The molecule has 6 heteroatoms. The van der Waals surface area contributed by atoms with E-state index in [1.807, 2.05) is 12.1 Å². The van der Waals surface area contributed by atoms with Gasteiger partial charge >= 0.3 is 5.97 Å². The number of thiophene rings is 1. The van der Waals surface area contributed by atoms with Crippen molar-refractivity contribution in [2.75, 3.05) is 7.11 Å². The summed E-state index contributed by atoms with van der Waals surface area (Å²) in [7, 11) is 1.30. The van der Waals surface area contributed by atoms with E-state index in [0.717, 1.165) is 4.88 Å². The fourth-order valence-electron chi connectivity index (χ4n) is 1.94. The number of esters is 1. The van der Waals surface area contributed by atoms with Gasteiger partial charge in [0.2, 0.25) is 0 Å². The molecule has 1 aromatic carbocycles. The zero-order valence-corrected chi connectivity index (χ0v) is 12.2. The van der Waals surface area contributed by atoms with E-state index in [1.165, 1.54) is 23.3 Å². The van der Waals surface area contributed by atoms with Gasteiger partial charge in [0.05, 0.1) is 13.7 Å². The number of carbonyl (C=O) groups is 1. The van der Waals surface area contributed by atoms with Gasteiger partial charge in [-0.25, -0.2) is 4.79 Å². The highest BCUT2D eigenvalue weighted by atomic mass is 32.1. The Balaban J connectivity index is 1.58. The topological polar surface area (TPSA) is 61.6 Å². The lowest BCUT2D eigenvalue weighted by molar-refractivity contribution is 0.0588. The molecule has 0 saturated carbocycles. The smallest absolute Gasteiger partial charge is 0.360 e. The van der Waals surface area contributed by atoms with Crippen molar-refractivity contribution in [3.63, 3.8) is 0 Å². The standard InChI is InChI=1S/C15H13NO4S/c1-18-15(17)13-7-11(20-16-13)8-19-9-12-6-10-4-2-3-5-14(10)21-12/h2-7H,8-9H2,1H3. The van der Waals surface area contributed by atoms with E-state index >= 15 is 0 Å². The van der Waals surface area contributed by atoms with Gasteiger partial charge < -0.3 is 14.0 Å². The minimum Gasteiger partial charge on any atom is -0.464 e. The lowest BCUT2D eigenvalue weighted by atomic mass is 10.2. The summed E-state index contributed by atoms with van der Waals surface area (Å²) in [4.78, 5) is 12.4. The zero-order valence-electron chi connectivity index (χ0n) is 11.4. The zero-order chi connectivity index (χ0) is 14.7. The Morgan fingerprint density at radius 2 is 2.14 bits per heavy atom. The maximum Gasteiger partial charge on any atom is 0.360 e. The van der Waals surface area contributed by atoms with Gasteiger partial charge in [-0.2, -0.15) is 0 Å². The largest absolute Gasteiger partial charge is 0.464 e. The number of aromatic nitrogens is 1. The predicted octanol–water partition coefficient (Wildman–Crippen LogP) is 3.39. The second kappa shape index (κ2) is 6.07. The molecule has 0 unspecified atom stereocenters. The summed E-state index contributed by atoms with van der Waals surface area (Å²) in [5.74, 6) is -0.0222. The van der Waals surface area contributed by atoms with Gasteiger partial charge in [-0.15, -0.1) is 11.3 Å². The molecule has 0 aliphatic heterocycles. The minimum absolute atomic E-state index is 0.151. The fourth-order valence-corrected chi connectivity index (χ4v) is 2.94. The molecule has 2 heterocycles. The van der Waals surface area contributed by atoms with Gasteiger partial charge in [-0.1, -0.05) is 23.4 Å². The summed E-state index contributed by atoms with van der Waals surface area (Å²) in [5.41, 5.74) is 0.151. The number of carbonyl (C=O) groups excluding carboxylic acids is 1. The highest BCUT2D eigenvalue weighted by Gasteiger charge is 2.12. The number of hydrogen-bond acceptors (Lipinski definition) is 6. The van der Waals surface area contributed by atoms with Crippen molar-refractivity contribution in [1.29, 1.82) is 0 Å². The first-order valence-corrected chi connectivity index (χ1v) is 7.17. The van der Waals surface area contributed by atoms with Crippen LogP contribution < -0.4 is 0 Å². The summed E-state index contributed by atoms with van der Waals surface area (Å²) in [6, 6.07) is 11.8. The summed E-state index contributed by atoms with van der Waals surface area (Å²) in [5, 5.41) is 4.84. The molecule has 0 bridgehead atoms. The van der Waals surface area contributed by atoms with E-state index in [1.54, 1.807) is 11.3 Å². The lowest BCUT2D eigenvalue weighted by Crippen LogP contribution is -2.00.